The molecule has 0 saturated carbocycles. The summed E-state index contributed by atoms with van der Waals surface area (Å²) in [6, 6.07) is 20.3. The second-order valence-electron chi connectivity index (χ2n) is 11.1. The fraction of sp³-hybridized carbons (Fsp3) is 0.486. The van der Waals surface area contributed by atoms with E-state index in [4.69, 9.17) is 18.9 Å². The van der Waals surface area contributed by atoms with Crippen LogP contribution in [0.4, 0.5) is 0 Å². The van der Waals surface area contributed by atoms with Crippen LogP contribution in [0.1, 0.15) is 50.3 Å². The van der Waals surface area contributed by atoms with E-state index < -0.39 is 14.7 Å². The number of aromatic hydroxyl groups is 1. The number of phenols is 1. The summed E-state index contributed by atoms with van der Waals surface area (Å²) in [7, 11) is 6.75. The summed E-state index contributed by atoms with van der Waals surface area (Å²) in [6.45, 7) is 8.44. The van der Waals surface area contributed by atoms with Gasteiger partial charge in [-0.25, -0.2) is 0 Å². The first-order valence-corrected chi connectivity index (χ1v) is 18.9. The van der Waals surface area contributed by atoms with Crippen molar-refractivity contribution in [3.8, 4) is 28.7 Å². The zero-order valence-electron chi connectivity index (χ0n) is 26.5. The van der Waals surface area contributed by atoms with Gasteiger partial charge in [-0.15, -0.1) is 0 Å². The van der Waals surface area contributed by atoms with Gasteiger partial charge < -0.3 is 0 Å². The molecule has 0 bridgehead atoms. The molecule has 6 nitrogen and oxygen atoms in total. The molecule has 230 valence electrons. The van der Waals surface area contributed by atoms with Gasteiger partial charge in [0.05, 0.1) is 0 Å². The van der Waals surface area contributed by atoms with Gasteiger partial charge in [-0.3, -0.25) is 0 Å². The van der Waals surface area contributed by atoms with E-state index in [0.29, 0.717) is 18.2 Å². The van der Waals surface area contributed by atoms with Crippen LogP contribution in [0, 0.1) is 5.92 Å². The third-order valence-corrected chi connectivity index (χ3v) is 14.2. The van der Waals surface area contributed by atoms with Crippen molar-refractivity contribution in [2.75, 3.05) is 35.0 Å². The molecule has 7 heteroatoms. The van der Waals surface area contributed by atoms with Crippen LogP contribution in [0.15, 0.2) is 60.7 Å². The van der Waals surface area contributed by atoms with Crippen LogP contribution in [0.2, 0.25) is 15.6 Å². The molecule has 2 atom stereocenters. The maximum atomic E-state index is 10.3. The molecule has 0 aliphatic heterocycles. The molecule has 0 fully saturated rings. The summed E-state index contributed by atoms with van der Waals surface area (Å²) in [4.78, 5) is 0. The van der Waals surface area contributed by atoms with Gasteiger partial charge in [0.15, 0.2) is 0 Å². The summed E-state index contributed by atoms with van der Waals surface area (Å²) in [5.41, 5.74) is 3.40. The molecule has 0 spiro atoms. The number of phenolic OH excluding ortho intramolecular Hbond substituents is 1. The predicted molar refractivity (Wildman–Crippen MR) is 174 cm³/mol. The van der Waals surface area contributed by atoms with Crippen LogP contribution >= 0.6 is 0 Å². The van der Waals surface area contributed by atoms with E-state index in [9.17, 15) is 5.11 Å². The van der Waals surface area contributed by atoms with Crippen LogP contribution in [-0.2, 0) is 18.4 Å². The first kappa shape index (κ1) is 33.7. The van der Waals surface area contributed by atoms with Crippen LogP contribution < -0.4 is 24.3 Å². The Morgan fingerprint density at radius 1 is 0.810 bits per heavy atom. The molecule has 0 saturated heterocycles. The topological polar surface area (TPSA) is 69.2 Å². The fourth-order valence-corrected chi connectivity index (χ4v) is 10.0. The summed E-state index contributed by atoms with van der Waals surface area (Å²) in [5.74, 6) is 3.81. The number of methoxy groups -OCH3 is 4. The first-order valence-electron chi connectivity index (χ1n) is 14.9. The summed E-state index contributed by atoms with van der Waals surface area (Å²) in [6.07, 6.45) is 3.35. The van der Waals surface area contributed by atoms with Crippen molar-refractivity contribution in [2.45, 2.75) is 67.6 Å². The van der Waals surface area contributed by atoms with Crippen LogP contribution in [0.25, 0.3) is 0 Å². The number of benzene rings is 3. The third kappa shape index (κ3) is 8.61. The number of aryl methyl sites for hydroxylation is 1. The van der Waals surface area contributed by atoms with Crippen molar-refractivity contribution < 1.29 is 24.1 Å². The van der Waals surface area contributed by atoms with Crippen molar-refractivity contribution in [2.24, 2.45) is 5.92 Å². The molecule has 42 heavy (non-hydrogen) atoms. The molecule has 0 aliphatic rings. The third-order valence-electron chi connectivity index (χ3n) is 8.52. The minimum absolute atomic E-state index is 0.0961. The zero-order chi connectivity index (χ0) is 30.5. The van der Waals surface area contributed by atoms with Crippen LogP contribution in [0.5, 0.6) is 28.7 Å². The van der Waals surface area contributed by atoms with Crippen molar-refractivity contribution in [1.29, 1.82) is 0 Å². The SMILES string of the molecule is CC[As](CCCC(CNCc1ccccc1O)(c1ccc(OC)c(OC)c1)C(C)C)CCc1ccc(OC)c(OC)c1. The maximum absolute atomic E-state index is 10.3. The molecule has 0 amide bonds. The molecule has 3 aromatic rings. The molecule has 0 radical (unpaired) electrons. The molecular formula is C35H50AsNO5. The van der Waals surface area contributed by atoms with Crippen molar-refractivity contribution in [3.63, 3.8) is 0 Å². The normalized spacial score (nSPS) is 13.4. The second-order valence-corrected chi connectivity index (χ2v) is 17.1. The molecule has 3 rings (SSSR count). The van der Waals surface area contributed by atoms with E-state index in [1.807, 2.05) is 30.3 Å². The Labute approximate surface area is 258 Å². The first-order chi connectivity index (χ1) is 20.3. The zero-order valence-corrected chi connectivity index (χ0v) is 28.4. The number of hydrogen-bond donors (Lipinski definition) is 2. The summed E-state index contributed by atoms with van der Waals surface area (Å²) in [5, 5.41) is 17.9. The predicted octanol–water partition coefficient (Wildman–Crippen LogP) is 7.65. The van der Waals surface area contributed by atoms with Gasteiger partial charge in [-0.05, 0) is 0 Å². The Kier molecular flexibility index (Phi) is 13.4. The summed E-state index contributed by atoms with van der Waals surface area (Å²) >= 11 is -1.00. The van der Waals surface area contributed by atoms with Crippen molar-refractivity contribution >= 4 is 14.7 Å². The number of nitrogens with one attached hydrogen (secondary N) is 1. The van der Waals surface area contributed by atoms with Crippen LogP contribution in [0.3, 0.4) is 0 Å². The van der Waals surface area contributed by atoms with E-state index in [1.165, 1.54) is 33.2 Å². The van der Waals surface area contributed by atoms with Crippen molar-refractivity contribution in [1.82, 2.24) is 5.32 Å². The van der Waals surface area contributed by atoms with Gasteiger partial charge in [0.2, 0.25) is 0 Å². The van der Waals surface area contributed by atoms with E-state index in [2.05, 4.69) is 50.4 Å². The number of rotatable bonds is 18. The molecule has 0 heterocycles. The Morgan fingerprint density at radius 3 is 2.07 bits per heavy atom. The van der Waals surface area contributed by atoms with E-state index in [1.54, 1.807) is 34.5 Å². The number of hydrogen-bond acceptors (Lipinski definition) is 6. The monoisotopic (exact) mass is 639 g/mol. The molecule has 2 unspecified atom stereocenters. The van der Waals surface area contributed by atoms with Gasteiger partial charge in [0, 0.05) is 0 Å². The Bertz CT molecular complexity index is 1250. The van der Waals surface area contributed by atoms with E-state index >= 15 is 0 Å². The standard InChI is InChI=1S/C35H50AsNO5/c1-8-36(21-18-27-14-16-31(39-4)33(22-27)41-6)20-11-19-35(26(2)3,25-37-24-28-12-9-10-13-30(28)38)29-15-17-32(40-5)34(23-29)42-7/h9-10,12-17,22-23,26,37-38H,8,11,18-21,24-25H2,1-7H3. The fourth-order valence-electron chi connectivity index (χ4n) is 5.76. The molecule has 2 N–H and O–H groups in total. The average molecular weight is 640 g/mol. The quantitative estimate of drug-likeness (QED) is 0.140. The Balaban J connectivity index is 1.76. The Morgan fingerprint density at radius 2 is 1.45 bits per heavy atom. The number of ether oxygens (including phenoxy) is 4. The van der Waals surface area contributed by atoms with E-state index in [-0.39, 0.29) is 5.41 Å². The molecular weight excluding hydrogens is 589 g/mol. The molecule has 3 aromatic carbocycles. The molecule has 0 aliphatic carbocycles. The van der Waals surface area contributed by atoms with Gasteiger partial charge in [0.25, 0.3) is 0 Å². The van der Waals surface area contributed by atoms with Gasteiger partial charge in [0.1, 0.15) is 0 Å². The van der Waals surface area contributed by atoms with Crippen LogP contribution in [-0.4, -0.2) is 54.7 Å². The minimum atomic E-state index is -1.00. The van der Waals surface area contributed by atoms with Gasteiger partial charge >= 0.3 is 259 Å². The van der Waals surface area contributed by atoms with E-state index in [0.717, 1.165) is 47.9 Å². The van der Waals surface area contributed by atoms with Crippen molar-refractivity contribution in [3.05, 3.63) is 77.4 Å². The second kappa shape index (κ2) is 16.7. The summed E-state index contributed by atoms with van der Waals surface area (Å²) < 4.78 is 22.2. The average Bonchev–Trinajstić information content (AvgIpc) is 3.01. The molecule has 0 aromatic heterocycles. The number of para-hydroxylation sites is 1. The Hall–Kier alpha value is -2.82. The van der Waals surface area contributed by atoms with Gasteiger partial charge in [-0.2, -0.15) is 0 Å². The van der Waals surface area contributed by atoms with Gasteiger partial charge in [-0.1, -0.05) is 0 Å².